The second-order valence-electron chi connectivity index (χ2n) is 6.35. The van der Waals surface area contributed by atoms with Crippen LogP contribution in [0.25, 0.3) is 0 Å². The second kappa shape index (κ2) is 5.68. The van der Waals surface area contributed by atoms with Crippen molar-refractivity contribution in [1.82, 2.24) is 15.1 Å². The van der Waals surface area contributed by atoms with Crippen molar-refractivity contribution in [3.05, 3.63) is 0 Å². The summed E-state index contributed by atoms with van der Waals surface area (Å²) in [7, 11) is 0. The number of piperidine rings is 1. The van der Waals surface area contributed by atoms with Gasteiger partial charge in [-0.15, -0.1) is 0 Å². The average molecular weight is 239 g/mol. The SMILES string of the molecule is CCCN1CCN(C2CCNCC2(C)C)CC1. The molecule has 2 rings (SSSR count). The lowest BCUT2D eigenvalue weighted by Gasteiger charge is -2.48. The fourth-order valence-electron chi connectivity index (χ4n) is 3.45. The highest BCUT2D eigenvalue weighted by Gasteiger charge is 2.37. The van der Waals surface area contributed by atoms with E-state index in [2.05, 4.69) is 35.9 Å². The standard InChI is InChI=1S/C14H29N3/c1-4-7-16-8-10-17(11-9-16)13-5-6-15-12-14(13,2)3/h13,15H,4-12H2,1-3H3. The molecular weight excluding hydrogens is 210 g/mol. The van der Waals surface area contributed by atoms with Gasteiger partial charge in [0.25, 0.3) is 0 Å². The highest BCUT2D eigenvalue weighted by atomic mass is 15.3. The van der Waals surface area contributed by atoms with E-state index in [1.807, 2.05) is 0 Å². The highest BCUT2D eigenvalue weighted by Crippen LogP contribution is 2.30. The van der Waals surface area contributed by atoms with Crippen LogP contribution < -0.4 is 5.32 Å². The first-order valence-corrected chi connectivity index (χ1v) is 7.30. The van der Waals surface area contributed by atoms with Gasteiger partial charge in [0.15, 0.2) is 0 Å². The van der Waals surface area contributed by atoms with Gasteiger partial charge in [-0.25, -0.2) is 0 Å². The van der Waals surface area contributed by atoms with Crippen molar-refractivity contribution in [3.63, 3.8) is 0 Å². The Balaban J connectivity index is 1.87. The first-order chi connectivity index (χ1) is 8.13. The molecule has 1 unspecified atom stereocenters. The monoisotopic (exact) mass is 239 g/mol. The summed E-state index contributed by atoms with van der Waals surface area (Å²) in [6.45, 7) is 15.9. The first kappa shape index (κ1) is 13.3. The maximum absolute atomic E-state index is 3.54. The molecule has 2 fully saturated rings. The van der Waals surface area contributed by atoms with Crippen molar-refractivity contribution in [2.75, 3.05) is 45.8 Å². The van der Waals surface area contributed by atoms with E-state index >= 15 is 0 Å². The molecule has 0 aromatic carbocycles. The van der Waals surface area contributed by atoms with Gasteiger partial charge in [0.2, 0.25) is 0 Å². The number of hydrogen-bond acceptors (Lipinski definition) is 3. The Labute approximate surface area is 107 Å². The van der Waals surface area contributed by atoms with Crippen LogP contribution >= 0.6 is 0 Å². The molecule has 0 aromatic rings. The van der Waals surface area contributed by atoms with Crippen LogP contribution in [-0.4, -0.2) is 61.7 Å². The Bertz CT molecular complexity index is 232. The zero-order valence-electron chi connectivity index (χ0n) is 11.8. The molecule has 1 N–H and O–H groups in total. The zero-order chi connectivity index (χ0) is 12.3. The van der Waals surface area contributed by atoms with Crippen LogP contribution in [0.2, 0.25) is 0 Å². The van der Waals surface area contributed by atoms with Gasteiger partial charge >= 0.3 is 0 Å². The van der Waals surface area contributed by atoms with Gasteiger partial charge in [-0.05, 0) is 31.3 Å². The van der Waals surface area contributed by atoms with Crippen LogP contribution in [0.3, 0.4) is 0 Å². The summed E-state index contributed by atoms with van der Waals surface area (Å²) in [5.41, 5.74) is 0.436. The molecule has 0 amide bonds. The molecule has 2 saturated heterocycles. The minimum atomic E-state index is 0.436. The van der Waals surface area contributed by atoms with Gasteiger partial charge in [-0.3, -0.25) is 4.90 Å². The number of nitrogens with one attached hydrogen (secondary N) is 1. The maximum atomic E-state index is 3.54. The predicted octanol–water partition coefficient (Wildman–Crippen LogP) is 1.40. The molecule has 0 bridgehead atoms. The summed E-state index contributed by atoms with van der Waals surface area (Å²) in [6, 6.07) is 0.785. The first-order valence-electron chi connectivity index (χ1n) is 7.30. The van der Waals surface area contributed by atoms with Crippen LogP contribution in [0, 0.1) is 5.41 Å². The summed E-state index contributed by atoms with van der Waals surface area (Å²) < 4.78 is 0. The number of piperazine rings is 1. The molecule has 2 aliphatic rings. The molecule has 0 aromatic heterocycles. The number of hydrogen-bond donors (Lipinski definition) is 1. The summed E-state index contributed by atoms with van der Waals surface area (Å²) in [5, 5.41) is 3.54. The largest absolute Gasteiger partial charge is 0.316 e. The van der Waals surface area contributed by atoms with E-state index in [9.17, 15) is 0 Å². The molecule has 17 heavy (non-hydrogen) atoms. The smallest absolute Gasteiger partial charge is 0.0172 e. The second-order valence-corrected chi connectivity index (χ2v) is 6.35. The Morgan fingerprint density at radius 1 is 1.18 bits per heavy atom. The number of nitrogens with zero attached hydrogens (tertiary/aromatic N) is 2. The quantitative estimate of drug-likeness (QED) is 0.803. The van der Waals surface area contributed by atoms with Gasteiger partial charge in [0.1, 0.15) is 0 Å². The lowest BCUT2D eigenvalue weighted by molar-refractivity contribution is 0.0212. The van der Waals surface area contributed by atoms with Crippen molar-refractivity contribution in [3.8, 4) is 0 Å². The molecule has 0 radical (unpaired) electrons. The van der Waals surface area contributed by atoms with Crippen molar-refractivity contribution in [2.45, 2.75) is 39.7 Å². The Kier molecular flexibility index (Phi) is 4.45. The average Bonchev–Trinajstić information content (AvgIpc) is 2.30. The van der Waals surface area contributed by atoms with Gasteiger partial charge in [0.05, 0.1) is 0 Å². The third kappa shape index (κ3) is 3.21. The minimum absolute atomic E-state index is 0.436. The predicted molar refractivity (Wildman–Crippen MR) is 73.4 cm³/mol. The summed E-state index contributed by atoms with van der Waals surface area (Å²) in [4.78, 5) is 5.36. The molecule has 3 nitrogen and oxygen atoms in total. The fraction of sp³-hybridized carbons (Fsp3) is 1.00. The molecule has 0 aliphatic carbocycles. The van der Waals surface area contributed by atoms with Crippen molar-refractivity contribution in [2.24, 2.45) is 5.41 Å². The molecule has 100 valence electrons. The molecule has 2 aliphatic heterocycles. The normalized spacial score (nSPS) is 31.6. The maximum Gasteiger partial charge on any atom is 0.0172 e. The van der Waals surface area contributed by atoms with E-state index in [0.29, 0.717) is 5.41 Å². The third-order valence-electron chi connectivity index (χ3n) is 4.46. The minimum Gasteiger partial charge on any atom is -0.316 e. The molecule has 3 heteroatoms. The Morgan fingerprint density at radius 3 is 2.47 bits per heavy atom. The van der Waals surface area contributed by atoms with Crippen molar-refractivity contribution >= 4 is 0 Å². The van der Waals surface area contributed by atoms with Crippen molar-refractivity contribution < 1.29 is 0 Å². The van der Waals surface area contributed by atoms with E-state index in [0.717, 1.165) is 6.04 Å². The summed E-state index contributed by atoms with van der Waals surface area (Å²) in [6.07, 6.45) is 2.61. The summed E-state index contributed by atoms with van der Waals surface area (Å²) in [5.74, 6) is 0. The van der Waals surface area contributed by atoms with E-state index in [-0.39, 0.29) is 0 Å². The lowest BCUT2D eigenvalue weighted by Crippen LogP contribution is -2.59. The van der Waals surface area contributed by atoms with Crippen LogP contribution in [0.1, 0.15) is 33.6 Å². The molecular formula is C14H29N3. The molecule has 1 atom stereocenters. The van der Waals surface area contributed by atoms with E-state index in [1.54, 1.807) is 0 Å². The topological polar surface area (TPSA) is 18.5 Å². The van der Waals surface area contributed by atoms with Crippen LogP contribution in [0.5, 0.6) is 0 Å². The molecule has 0 saturated carbocycles. The van der Waals surface area contributed by atoms with Crippen LogP contribution in [-0.2, 0) is 0 Å². The van der Waals surface area contributed by atoms with E-state index < -0.39 is 0 Å². The summed E-state index contributed by atoms with van der Waals surface area (Å²) >= 11 is 0. The zero-order valence-corrected chi connectivity index (χ0v) is 11.8. The van der Waals surface area contributed by atoms with E-state index in [1.165, 1.54) is 58.7 Å². The van der Waals surface area contributed by atoms with Gasteiger partial charge in [-0.1, -0.05) is 20.8 Å². The highest BCUT2D eigenvalue weighted by molar-refractivity contribution is 4.93. The van der Waals surface area contributed by atoms with Crippen LogP contribution in [0.4, 0.5) is 0 Å². The fourth-order valence-corrected chi connectivity index (χ4v) is 3.45. The molecule has 0 spiro atoms. The van der Waals surface area contributed by atoms with Gasteiger partial charge < -0.3 is 10.2 Å². The number of rotatable bonds is 3. The lowest BCUT2D eigenvalue weighted by atomic mass is 9.79. The van der Waals surface area contributed by atoms with Gasteiger partial charge in [0, 0.05) is 38.8 Å². The molecule has 2 heterocycles. The van der Waals surface area contributed by atoms with Crippen molar-refractivity contribution in [1.29, 1.82) is 0 Å². The van der Waals surface area contributed by atoms with E-state index in [4.69, 9.17) is 0 Å². The van der Waals surface area contributed by atoms with Gasteiger partial charge in [-0.2, -0.15) is 0 Å². The third-order valence-corrected chi connectivity index (χ3v) is 4.46. The van der Waals surface area contributed by atoms with Crippen LogP contribution in [0.15, 0.2) is 0 Å². The Morgan fingerprint density at radius 2 is 1.88 bits per heavy atom. The Hall–Kier alpha value is -0.120.